The molecule has 2 aromatic rings. The lowest BCUT2D eigenvalue weighted by Crippen LogP contribution is -2.58. The van der Waals surface area contributed by atoms with E-state index in [0.717, 1.165) is 38.0 Å². The van der Waals surface area contributed by atoms with Gasteiger partial charge in [0.05, 0.1) is 12.3 Å². The molecule has 1 unspecified atom stereocenters. The van der Waals surface area contributed by atoms with Crippen molar-refractivity contribution in [1.82, 2.24) is 4.90 Å². The van der Waals surface area contributed by atoms with Gasteiger partial charge in [0, 0.05) is 19.5 Å². The maximum Gasteiger partial charge on any atom is 0.365 e. The van der Waals surface area contributed by atoms with E-state index in [-0.39, 0.29) is 5.97 Å². The van der Waals surface area contributed by atoms with Crippen LogP contribution in [0.3, 0.4) is 0 Å². The van der Waals surface area contributed by atoms with Gasteiger partial charge in [0.25, 0.3) is 0 Å². The zero-order chi connectivity index (χ0) is 20.1. The summed E-state index contributed by atoms with van der Waals surface area (Å²) >= 11 is 1.54. The first-order valence-electron chi connectivity index (χ1n) is 10.3. The molecule has 6 heteroatoms. The molecule has 2 heterocycles. The summed E-state index contributed by atoms with van der Waals surface area (Å²) in [6.45, 7) is 4.16. The van der Waals surface area contributed by atoms with Gasteiger partial charge < -0.3 is 4.74 Å². The number of hydrogen-bond donors (Lipinski definition) is 0. The van der Waals surface area contributed by atoms with Crippen LogP contribution >= 0.6 is 11.8 Å². The zero-order valence-electron chi connectivity index (χ0n) is 16.8. The fourth-order valence-corrected chi connectivity index (χ4v) is 5.38. The molecule has 1 fully saturated rings. The molecule has 152 valence electrons. The minimum Gasteiger partial charge on any atom is -0.461 e. The van der Waals surface area contributed by atoms with Crippen LogP contribution in [0.2, 0.25) is 0 Å². The molecule has 0 N–H and O–H groups in total. The minimum absolute atomic E-state index is 0.342. The SMILES string of the molecule is CCOC(=O)C1=NN(c2ccccc2)C(Cc2ccccc2)(N2CCCCC2)S1. The molecule has 0 spiro atoms. The highest BCUT2D eigenvalue weighted by molar-refractivity contribution is 8.17. The number of anilines is 1. The number of esters is 1. The number of piperidine rings is 1. The number of rotatable bonds is 6. The van der Waals surface area contributed by atoms with Crippen LogP contribution in [0.15, 0.2) is 65.8 Å². The minimum atomic E-state index is -0.481. The number of hydrogen-bond acceptors (Lipinski definition) is 6. The standard InChI is InChI=1S/C23H27N3O2S/c1-2-28-22(27)21-24-26(20-14-8-4-9-15-20)23(29-21,25-16-10-5-11-17-25)18-19-12-6-3-7-13-19/h3-4,6-9,12-15H,2,5,10-11,16-18H2,1H3. The third-order valence-corrected chi connectivity index (χ3v) is 6.70. The van der Waals surface area contributed by atoms with Gasteiger partial charge in [-0.05, 0) is 37.5 Å². The third-order valence-electron chi connectivity index (χ3n) is 5.36. The Hall–Kier alpha value is -2.31. The number of nitrogens with zero attached hydrogens (tertiary/aromatic N) is 3. The largest absolute Gasteiger partial charge is 0.461 e. The van der Waals surface area contributed by atoms with Crippen molar-refractivity contribution in [3.63, 3.8) is 0 Å². The normalized spacial score (nSPS) is 22.4. The first kappa shape index (κ1) is 20.0. The van der Waals surface area contributed by atoms with Crippen molar-refractivity contribution in [2.24, 2.45) is 5.10 Å². The number of carbonyl (C=O) groups excluding carboxylic acids is 1. The third kappa shape index (κ3) is 4.19. The van der Waals surface area contributed by atoms with Gasteiger partial charge in [-0.15, -0.1) is 0 Å². The lowest BCUT2D eigenvalue weighted by atomic mass is 10.0. The van der Waals surface area contributed by atoms with Crippen LogP contribution in [0.1, 0.15) is 31.7 Å². The number of thioether (sulfide) groups is 1. The highest BCUT2D eigenvalue weighted by Gasteiger charge is 2.51. The number of ether oxygens (including phenoxy) is 1. The topological polar surface area (TPSA) is 45.1 Å². The number of likely N-dealkylation sites (tertiary alicyclic amines) is 1. The number of benzene rings is 2. The van der Waals surface area contributed by atoms with Gasteiger partial charge >= 0.3 is 5.97 Å². The average molecular weight is 410 g/mol. The Balaban J connectivity index is 1.78. The second-order valence-electron chi connectivity index (χ2n) is 7.33. The maximum atomic E-state index is 12.6. The average Bonchev–Trinajstić information content (AvgIpc) is 3.16. The van der Waals surface area contributed by atoms with E-state index in [9.17, 15) is 4.79 Å². The molecule has 0 aromatic heterocycles. The predicted octanol–water partition coefficient (Wildman–Crippen LogP) is 4.50. The van der Waals surface area contributed by atoms with Gasteiger partial charge in [0.2, 0.25) is 5.04 Å². The Labute approximate surface area is 176 Å². The van der Waals surface area contributed by atoms with E-state index in [4.69, 9.17) is 9.84 Å². The van der Waals surface area contributed by atoms with Gasteiger partial charge in [-0.1, -0.05) is 66.7 Å². The summed E-state index contributed by atoms with van der Waals surface area (Å²) in [6.07, 6.45) is 4.34. The van der Waals surface area contributed by atoms with Crippen molar-refractivity contribution in [1.29, 1.82) is 0 Å². The molecule has 0 amide bonds. The van der Waals surface area contributed by atoms with Crippen LogP contribution < -0.4 is 5.01 Å². The van der Waals surface area contributed by atoms with Gasteiger partial charge in [-0.3, -0.25) is 4.90 Å². The fraction of sp³-hybridized carbons (Fsp3) is 0.391. The van der Waals surface area contributed by atoms with Crippen LogP contribution in [0.5, 0.6) is 0 Å². The van der Waals surface area contributed by atoms with Crippen molar-refractivity contribution < 1.29 is 9.53 Å². The van der Waals surface area contributed by atoms with E-state index in [1.54, 1.807) is 0 Å². The Morgan fingerprint density at radius 2 is 1.69 bits per heavy atom. The van der Waals surface area contributed by atoms with Crippen LogP contribution in [-0.2, 0) is 16.0 Å². The second-order valence-corrected chi connectivity index (χ2v) is 8.57. The predicted molar refractivity (Wildman–Crippen MR) is 119 cm³/mol. The van der Waals surface area contributed by atoms with Gasteiger partial charge in [-0.25, -0.2) is 9.80 Å². The van der Waals surface area contributed by atoms with Crippen LogP contribution in [0.25, 0.3) is 0 Å². The molecule has 0 radical (unpaired) electrons. The highest BCUT2D eigenvalue weighted by atomic mass is 32.2. The highest BCUT2D eigenvalue weighted by Crippen LogP contribution is 2.46. The number of carbonyl (C=O) groups is 1. The molecule has 0 bridgehead atoms. The molecule has 2 aromatic carbocycles. The van der Waals surface area contributed by atoms with Crippen LogP contribution in [0.4, 0.5) is 5.69 Å². The summed E-state index contributed by atoms with van der Waals surface area (Å²) in [6, 6.07) is 20.6. The molecule has 5 nitrogen and oxygen atoms in total. The van der Waals surface area contributed by atoms with Gasteiger partial charge in [0.15, 0.2) is 4.99 Å². The summed E-state index contributed by atoms with van der Waals surface area (Å²) in [7, 11) is 0. The van der Waals surface area contributed by atoms with E-state index >= 15 is 0 Å². The van der Waals surface area contributed by atoms with Crippen molar-refractivity contribution in [2.45, 2.75) is 37.6 Å². The molecule has 0 saturated carbocycles. The monoisotopic (exact) mass is 409 g/mol. The summed E-state index contributed by atoms with van der Waals surface area (Å²) in [5, 5.41) is 7.27. The zero-order valence-corrected chi connectivity index (χ0v) is 17.6. The summed E-state index contributed by atoms with van der Waals surface area (Å²) < 4.78 is 5.31. The Morgan fingerprint density at radius 3 is 2.34 bits per heavy atom. The van der Waals surface area contributed by atoms with Crippen LogP contribution in [-0.4, -0.2) is 40.6 Å². The second kappa shape index (κ2) is 9.01. The number of hydrazone groups is 1. The summed E-state index contributed by atoms with van der Waals surface area (Å²) in [5.41, 5.74) is 2.22. The lowest BCUT2D eigenvalue weighted by molar-refractivity contribution is -0.134. The summed E-state index contributed by atoms with van der Waals surface area (Å²) in [4.78, 5) is 14.6. The first-order chi connectivity index (χ1) is 14.2. The summed E-state index contributed by atoms with van der Waals surface area (Å²) in [5.74, 6) is -0.342. The van der Waals surface area contributed by atoms with E-state index in [1.807, 2.05) is 36.2 Å². The molecule has 4 rings (SSSR count). The van der Waals surface area contributed by atoms with Crippen molar-refractivity contribution in [2.75, 3.05) is 24.7 Å². The van der Waals surface area contributed by atoms with Crippen molar-refractivity contribution in [3.05, 3.63) is 66.2 Å². The van der Waals surface area contributed by atoms with E-state index in [1.165, 1.54) is 23.7 Å². The molecule has 1 saturated heterocycles. The van der Waals surface area contributed by atoms with Crippen LogP contribution in [0, 0.1) is 0 Å². The molecular weight excluding hydrogens is 382 g/mol. The fourth-order valence-electron chi connectivity index (χ4n) is 4.02. The van der Waals surface area contributed by atoms with Gasteiger partial charge in [-0.2, -0.15) is 5.10 Å². The Kier molecular flexibility index (Phi) is 6.21. The van der Waals surface area contributed by atoms with Crippen molar-refractivity contribution >= 4 is 28.5 Å². The van der Waals surface area contributed by atoms with E-state index < -0.39 is 4.99 Å². The Bertz CT molecular complexity index is 853. The van der Waals surface area contributed by atoms with E-state index in [0.29, 0.717) is 11.7 Å². The first-order valence-corrected chi connectivity index (χ1v) is 11.1. The molecular formula is C23H27N3O2S. The number of para-hydroxylation sites is 1. The molecule has 2 aliphatic rings. The molecule has 29 heavy (non-hydrogen) atoms. The quantitative estimate of drug-likeness (QED) is 0.658. The maximum absolute atomic E-state index is 12.6. The molecule has 2 aliphatic heterocycles. The van der Waals surface area contributed by atoms with E-state index in [2.05, 4.69) is 41.3 Å². The van der Waals surface area contributed by atoms with Crippen molar-refractivity contribution in [3.8, 4) is 0 Å². The Morgan fingerprint density at radius 1 is 1.03 bits per heavy atom. The molecule has 1 atom stereocenters. The lowest BCUT2D eigenvalue weighted by Gasteiger charge is -2.47. The smallest absolute Gasteiger partial charge is 0.365 e. The molecule has 0 aliphatic carbocycles. The van der Waals surface area contributed by atoms with Gasteiger partial charge in [0.1, 0.15) is 0 Å².